The zero-order valence-electron chi connectivity index (χ0n) is 12.4. The van der Waals surface area contributed by atoms with E-state index in [-0.39, 0.29) is 5.91 Å². The molecular formula is C17H19ClN2O2. The molecule has 2 aromatic carbocycles. The van der Waals surface area contributed by atoms with Crippen LogP contribution in [0.5, 0.6) is 5.75 Å². The lowest BCUT2D eigenvalue weighted by Crippen LogP contribution is -2.22. The van der Waals surface area contributed by atoms with E-state index in [0.717, 1.165) is 11.1 Å². The van der Waals surface area contributed by atoms with Crippen molar-refractivity contribution in [1.82, 2.24) is 5.32 Å². The van der Waals surface area contributed by atoms with Gasteiger partial charge in [-0.15, -0.1) is 0 Å². The summed E-state index contributed by atoms with van der Waals surface area (Å²) in [7, 11) is 1.58. The lowest BCUT2D eigenvalue weighted by molar-refractivity contribution is -0.121. The van der Waals surface area contributed by atoms with Crippen LogP contribution in [0.4, 0.5) is 5.69 Å². The van der Waals surface area contributed by atoms with Crippen molar-refractivity contribution < 1.29 is 9.53 Å². The Morgan fingerprint density at radius 2 is 1.86 bits per heavy atom. The second kappa shape index (κ2) is 7.71. The van der Waals surface area contributed by atoms with Crippen LogP contribution in [-0.2, 0) is 17.8 Å². The van der Waals surface area contributed by atoms with E-state index in [1.54, 1.807) is 7.11 Å². The normalized spacial score (nSPS) is 10.3. The van der Waals surface area contributed by atoms with Gasteiger partial charge in [-0.3, -0.25) is 4.79 Å². The first kappa shape index (κ1) is 16.2. The van der Waals surface area contributed by atoms with Gasteiger partial charge in [-0.2, -0.15) is 0 Å². The van der Waals surface area contributed by atoms with Crippen LogP contribution in [0.25, 0.3) is 0 Å². The summed E-state index contributed by atoms with van der Waals surface area (Å²) in [6.07, 6.45) is 1.06. The summed E-state index contributed by atoms with van der Waals surface area (Å²) >= 11 is 5.82. The van der Waals surface area contributed by atoms with Gasteiger partial charge in [-0.05, 0) is 41.8 Å². The molecule has 0 atom stereocenters. The van der Waals surface area contributed by atoms with Gasteiger partial charge < -0.3 is 15.8 Å². The average Bonchev–Trinajstić information content (AvgIpc) is 2.52. The molecular weight excluding hydrogens is 300 g/mol. The number of aryl methyl sites for hydroxylation is 1. The molecule has 22 heavy (non-hydrogen) atoms. The number of ether oxygens (including phenoxy) is 1. The number of methoxy groups -OCH3 is 1. The summed E-state index contributed by atoms with van der Waals surface area (Å²) in [5.74, 6) is 0.653. The molecule has 0 aromatic heterocycles. The number of halogens is 1. The Labute approximate surface area is 135 Å². The topological polar surface area (TPSA) is 64.3 Å². The van der Waals surface area contributed by atoms with Crippen molar-refractivity contribution in [3.8, 4) is 5.75 Å². The molecule has 116 valence electrons. The number of hydrogen-bond donors (Lipinski definition) is 2. The van der Waals surface area contributed by atoms with Gasteiger partial charge in [-0.25, -0.2) is 0 Å². The van der Waals surface area contributed by atoms with Crippen LogP contribution in [0, 0.1) is 0 Å². The highest BCUT2D eigenvalue weighted by Crippen LogP contribution is 2.22. The van der Waals surface area contributed by atoms with E-state index in [1.165, 1.54) is 0 Å². The molecule has 0 aliphatic carbocycles. The van der Waals surface area contributed by atoms with Crippen LogP contribution in [0.1, 0.15) is 17.5 Å². The minimum Gasteiger partial charge on any atom is -0.495 e. The number of anilines is 1. The van der Waals surface area contributed by atoms with Gasteiger partial charge in [0.15, 0.2) is 0 Å². The molecule has 0 unspecified atom stereocenters. The average molecular weight is 319 g/mol. The van der Waals surface area contributed by atoms with Crippen LogP contribution in [-0.4, -0.2) is 13.0 Å². The van der Waals surface area contributed by atoms with Crippen LogP contribution < -0.4 is 15.8 Å². The second-order valence-electron chi connectivity index (χ2n) is 4.98. The lowest BCUT2D eigenvalue weighted by Gasteiger charge is -2.08. The van der Waals surface area contributed by atoms with Crippen molar-refractivity contribution in [3.05, 3.63) is 58.6 Å². The van der Waals surface area contributed by atoms with Crippen molar-refractivity contribution in [2.75, 3.05) is 12.8 Å². The highest BCUT2D eigenvalue weighted by Gasteiger charge is 2.05. The zero-order valence-corrected chi connectivity index (χ0v) is 13.2. The third kappa shape index (κ3) is 4.67. The summed E-state index contributed by atoms with van der Waals surface area (Å²) in [5.41, 5.74) is 8.47. The first-order valence-electron chi connectivity index (χ1n) is 7.02. The minimum absolute atomic E-state index is 0.00402. The van der Waals surface area contributed by atoms with E-state index in [1.807, 2.05) is 42.5 Å². The number of nitrogen functional groups attached to an aromatic ring is 1. The molecule has 1 amide bonds. The minimum atomic E-state index is 0.00402. The fraction of sp³-hybridized carbons (Fsp3) is 0.235. The standard InChI is InChI=1S/C17H19ClN2O2/c1-22-16-8-4-12(10-15(16)19)5-9-17(21)20-11-13-2-6-14(18)7-3-13/h2-4,6-8,10H,5,9,11,19H2,1H3,(H,20,21). The Kier molecular flexibility index (Phi) is 5.67. The van der Waals surface area contributed by atoms with Gasteiger partial charge in [0.05, 0.1) is 12.8 Å². The smallest absolute Gasteiger partial charge is 0.220 e. The molecule has 0 heterocycles. The summed E-state index contributed by atoms with van der Waals surface area (Å²) < 4.78 is 5.11. The van der Waals surface area contributed by atoms with E-state index >= 15 is 0 Å². The van der Waals surface area contributed by atoms with E-state index in [4.69, 9.17) is 22.1 Å². The molecule has 5 heteroatoms. The maximum absolute atomic E-state index is 11.9. The maximum Gasteiger partial charge on any atom is 0.220 e. The van der Waals surface area contributed by atoms with Gasteiger partial charge >= 0.3 is 0 Å². The lowest BCUT2D eigenvalue weighted by atomic mass is 10.1. The SMILES string of the molecule is COc1ccc(CCC(=O)NCc2ccc(Cl)cc2)cc1N. The summed E-state index contributed by atoms with van der Waals surface area (Å²) in [4.78, 5) is 11.9. The Morgan fingerprint density at radius 1 is 1.18 bits per heavy atom. The quantitative estimate of drug-likeness (QED) is 0.804. The highest BCUT2D eigenvalue weighted by atomic mass is 35.5. The van der Waals surface area contributed by atoms with Gasteiger partial charge in [-0.1, -0.05) is 29.8 Å². The number of nitrogens with one attached hydrogen (secondary N) is 1. The van der Waals surface area contributed by atoms with Crippen molar-refractivity contribution in [2.45, 2.75) is 19.4 Å². The van der Waals surface area contributed by atoms with Crippen molar-refractivity contribution >= 4 is 23.2 Å². The molecule has 0 fully saturated rings. The zero-order chi connectivity index (χ0) is 15.9. The van der Waals surface area contributed by atoms with Crippen LogP contribution >= 0.6 is 11.6 Å². The molecule has 0 saturated heterocycles. The molecule has 0 aliphatic rings. The second-order valence-corrected chi connectivity index (χ2v) is 5.42. The molecule has 4 nitrogen and oxygen atoms in total. The van der Waals surface area contributed by atoms with Crippen molar-refractivity contribution in [3.63, 3.8) is 0 Å². The number of carbonyl (C=O) groups excluding carboxylic acids is 1. The summed E-state index contributed by atoms with van der Waals surface area (Å²) in [6.45, 7) is 0.501. The van der Waals surface area contributed by atoms with Gasteiger partial charge in [0.2, 0.25) is 5.91 Å². The van der Waals surface area contributed by atoms with E-state index in [2.05, 4.69) is 5.32 Å². The van der Waals surface area contributed by atoms with Crippen LogP contribution in [0.2, 0.25) is 5.02 Å². The number of amides is 1. The molecule has 0 spiro atoms. The number of benzene rings is 2. The van der Waals surface area contributed by atoms with E-state index in [0.29, 0.717) is 35.8 Å². The summed E-state index contributed by atoms with van der Waals surface area (Å²) in [6, 6.07) is 13.0. The molecule has 0 aliphatic heterocycles. The Hall–Kier alpha value is -2.20. The van der Waals surface area contributed by atoms with Crippen molar-refractivity contribution in [2.24, 2.45) is 0 Å². The molecule has 0 bridgehead atoms. The predicted molar refractivity (Wildman–Crippen MR) is 89.0 cm³/mol. The van der Waals surface area contributed by atoms with Gasteiger partial charge in [0, 0.05) is 18.0 Å². The first-order valence-corrected chi connectivity index (χ1v) is 7.40. The summed E-state index contributed by atoms with van der Waals surface area (Å²) in [5, 5.41) is 3.58. The fourth-order valence-corrected chi connectivity index (χ4v) is 2.21. The molecule has 0 saturated carbocycles. The number of hydrogen-bond acceptors (Lipinski definition) is 3. The van der Waals surface area contributed by atoms with Crippen LogP contribution in [0.15, 0.2) is 42.5 Å². The Bertz CT molecular complexity index is 642. The maximum atomic E-state index is 11.9. The number of carbonyl (C=O) groups is 1. The van der Waals surface area contributed by atoms with Crippen LogP contribution in [0.3, 0.4) is 0 Å². The molecule has 2 rings (SSSR count). The molecule has 0 radical (unpaired) electrons. The van der Waals surface area contributed by atoms with Crippen molar-refractivity contribution in [1.29, 1.82) is 0 Å². The Balaban J connectivity index is 1.80. The van der Waals surface area contributed by atoms with Gasteiger partial charge in [0.1, 0.15) is 5.75 Å². The van der Waals surface area contributed by atoms with E-state index < -0.39 is 0 Å². The number of rotatable bonds is 6. The van der Waals surface area contributed by atoms with Gasteiger partial charge in [0.25, 0.3) is 0 Å². The number of nitrogens with two attached hydrogens (primary N) is 1. The predicted octanol–water partition coefficient (Wildman–Crippen LogP) is 3.18. The Morgan fingerprint density at radius 3 is 2.50 bits per heavy atom. The molecule has 2 aromatic rings. The highest BCUT2D eigenvalue weighted by molar-refractivity contribution is 6.30. The largest absolute Gasteiger partial charge is 0.495 e. The third-order valence-electron chi connectivity index (χ3n) is 3.34. The monoisotopic (exact) mass is 318 g/mol. The van der Waals surface area contributed by atoms with E-state index in [9.17, 15) is 4.79 Å². The first-order chi connectivity index (χ1) is 10.6. The third-order valence-corrected chi connectivity index (χ3v) is 3.59. The fourth-order valence-electron chi connectivity index (χ4n) is 2.09. The molecule has 3 N–H and O–H groups in total.